The lowest BCUT2D eigenvalue weighted by molar-refractivity contribution is -0.146. The Morgan fingerprint density at radius 3 is 2.44 bits per heavy atom. The first-order valence-corrected chi connectivity index (χ1v) is 13.0. The lowest BCUT2D eigenvalue weighted by Crippen LogP contribution is -2.55. The molecule has 11 heteroatoms. The van der Waals surface area contributed by atoms with Crippen LogP contribution in [0.25, 0.3) is 0 Å². The molecule has 3 aromatic carbocycles. The number of aromatic hydroxyl groups is 1. The minimum Gasteiger partial charge on any atom is -0.508 e. The number of likely N-dealkylation sites (tertiary alicyclic amines) is 1. The molecule has 4 atom stereocenters. The van der Waals surface area contributed by atoms with Gasteiger partial charge in [-0.15, -0.1) is 0 Å². The van der Waals surface area contributed by atoms with E-state index in [-0.39, 0.29) is 36.3 Å². The fourth-order valence-corrected chi connectivity index (χ4v) is 4.80. The van der Waals surface area contributed by atoms with Gasteiger partial charge in [-0.05, 0) is 48.7 Å². The number of phenols is 1. The second-order valence-electron chi connectivity index (χ2n) is 9.97. The van der Waals surface area contributed by atoms with Crippen molar-refractivity contribution in [3.8, 4) is 5.75 Å². The minimum atomic E-state index is -1.84. The van der Waals surface area contributed by atoms with Crippen molar-refractivity contribution in [1.82, 2.24) is 15.5 Å². The summed E-state index contributed by atoms with van der Waals surface area (Å²) in [5.41, 5.74) is 1.41. The summed E-state index contributed by atoms with van der Waals surface area (Å²) in [4.78, 5) is 40.5. The molecule has 8 nitrogen and oxygen atoms in total. The van der Waals surface area contributed by atoms with Crippen LogP contribution in [0.4, 0.5) is 13.2 Å². The van der Waals surface area contributed by atoms with Gasteiger partial charge in [-0.1, -0.05) is 42.5 Å². The number of aliphatic hydroxyl groups excluding tert-OH is 1. The molecule has 1 aliphatic rings. The lowest BCUT2D eigenvalue weighted by Gasteiger charge is -2.30. The van der Waals surface area contributed by atoms with Crippen LogP contribution in [0.15, 0.2) is 66.7 Å². The van der Waals surface area contributed by atoms with Gasteiger partial charge in [-0.25, -0.2) is 13.2 Å². The Balaban J connectivity index is 1.52. The molecule has 4 N–H and O–H groups in total. The Kier molecular flexibility index (Phi) is 9.28. The fourth-order valence-electron chi connectivity index (χ4n) is 4.80. The zero-order valence-corrected chi connectivity index (χ0v) is 22.2. The molecule has 1 saturated heterocycles. The van der Waals surface area contributed by atoms with E-state index >= 15 is 0 Å². The van der Waals surface area contributed by atoms with Gasteiger partial charge in [0.1, 0.15) is 18.0 Å². The highest BCUT2D eigenvalue weighted by atomic mass is 19.2. The van der Waals surface area contributed by atoms with Crippen LogP contribution in [0.1, 0.15) is 33.5 Å². The number of phenolic OH excluding ortho intramolecular Hbond substituents is 1. The maximum Gasteiger partial charge on any atom is 0.254 e. The summed E-state index contributed by atoms with van der Waals surface area (Å²) in [6.45, 7) is 0.911. The van der Waals surface area contributed by atoms with E-state index in [1.54, 1.807) is 37.3 Å². The van der Waals surface area contributed by atoms with Crippen LogP contribution in [0, 0.1) is 18.6 Å². The molecule has 3 aromatic rings. The maximum absolute atomic E-state index is 14.5. The number of hydrogen-bond acceptors (Lipinski definition) is 5. The highest BCUT2D eigenvalue weighted by molar-refractivity contribution is 5.97. The third kappa shape index (κ3) is 7.04. The van der Waals surface area contributed by atoms with E-state index in [1.165, 1.54) is 24.3 Å². The van der Waals surface area contributed by atoms with Crippen molar-refractivity contribution >= 4 is 17.7 Å². The van der Waals surface area contributed by atoms with Crippen LogP contribution in [0.3, 0.4) is 0 Å². The third-order valence-corrected chi connectivity index (χ3v) is 7.09. The van der Waals surface area contributed by atoms with E-state index in [4.69, 9.17) is 0 Å². The van der Waals surface area contributed by atoms with Gasteiger partial charge in [0.15, 0.2) is 17.7 Å². The topological polar surface area (TPSA) is 119 Å². The van der Waals surface area contributed by atoms with Gasteiger partial charge >= 0.3 is 0 Å². The molecule has 1 heterocycles. The van der Waals surface area contributed by atoms with E-state index < -0.39 is 60.3 Å². The molecule has 0 saturated carbocycles. The normalized spacial score (nSPS) is 18.0. The lowest BCUT2D eigenvalue weighted by atomic mass is 9.98. The number of nitrogens with one attached hydrogen (secondary N) is 2. The van der Waals surface area contributed by atoms with E-state index in [2.05, 4.69) is 10.6 Å². The summed E-state index contributed by atoms with van der Waals surface area (Å²) in [5.74, 6) is -4.55. The second kappa shape index (κ2) is 12.9. The third-order valence-electron chi connectivity index (χ3n) is 7.09. The number of alkyl halides is 1. The van der Waals surface area contributed by atoms with E-state index in [0.29, 0.717) is 11.1 Å². The van der Waals surface area contributed by atoms with Crippen molar-refractivity contribution in [1.29, 1.82) is 0 Å². The van der Waals surface area contributed by atoms with Gasteiger partial charge in [0.25, 0.3) is 11.8 Å². The monoisotopic (exact) mass is 569 g/mol. The smallest absolute Gasteiger partial charge is 0.254 e. The first-order chi connectivity index (χ1) is 19.5. The summed E-state index contributed by atoms with van der Waals surface area (Å²) in [5, 5.41) is 26.4. The average molecular weight is 570 g/mol. The van der Waals surface area contributed by atoms with Crippen LogP contribution in [-0.2, 0) is 22.6 Å². The zero-order valence-electron chi connectivity index (χ0n) is 22.2. The molecule has 41 heavy (non-hydrogen) atoms. The van der Waals surface area contributed by atoms with Gasteiger partial charge in [-0.3, -0.25) is 14.4 Å². The molecule has 216 valence electrons. The minimum absolute atomic E-state index is 0.0389. The zero-order chi connectivity index (χ0) is 29.7. The number of carbonyl (C=O) groups is 3. The molecular formula is C30H30F3N3O5. The summed E-state index contributed by atoms with van der Waals surface area (Å²) >= 11 is 0. The predicted octanol–water partition coefficient (Wildman–Crippen LogP) is 2.94. The van der Waals surface area contributed by atoms with Crippen molar-refractivity contribution in [2.75, 3.05) is 6.54 Å². The number of rotatable bonds is 9. The van der Waals surface area contributed by atoms with E-state index in [9.17, 15) is 37.8 Å². The number of aliphatic hydroxyl groups is 1. The standard InChI is InChI=1S/C30H30F3N3O5/c1-17-21(8-5-9-26(17)37)28(39)35-24(13-18-6-3-2-4-7-18)27(38)30(41)36-16-20(31)14-25(36)29(40)34-15-19-10-11-22(32)23(33)12-19/h2-12,20,24-25,27,37-38H,13-16H2,1H3,(H,34,40)(H,35,39)/t20-,24?,25+,27+/m1/s1. The van der Waals surface area contributed by atoms with Gasteiger partial charge in [0.05, 0.1) is 12.6 Å². The van der Waals surface area contributed by atoms with Crippen molar-refractivity contribution in [2.45, 2.75) is 50.7 Å². The quantitative estimate of drug-likeness (QED) is 0.316. The van der Waals surface area contributed by atoms with Crippen LogP contribution in [-0.4, -0.2) is 63.7 Å². The van der Waals surface area contributed by atoms with Crippen LogP contribution in [0.5, 0.6) is 5.75 Å². The summed E-state index contributed by atoms with van der Waals surface area (Å²) < 4.78 is 41.2. The first-order valence-electron chi connectivity index (χ1n) is 13.0. The van der Waals surface area contributed by atoms with Gasteiger partial charge < -0.3 is 25.7 Å². The molecule has 0 aromatic heterocycles. The van der Waals surface area contributed by atoms with Crippen molar-refractivity contribution in [2.24, 2.45) is 0 Å². The molecular weight excluding hydrogens is 539 g/mol. The molecule has 1 aliphatic heterocycles. The molecule has 0 radical (unpaired) electrons. The summed E-state index contributed by atoms with van der Waals surface area (Å²) in [6, 6.07) is 13.9. The molecule has 1 unspecified atom stereocenters. The maximum atomic E-state index is 14.5. The van der Waals surface area contributed by atoms with Crippen molar-refractivity contribution < 1.29 is 37.8 Å². The van der Waals surface area contributed by atoms with Gasteiger partial charge in [0, 0.05) is 24.1 Å². The predicted molar refractivity (Wildman–Crippen MR) is 143 cm³/mol. The summed E-state index contributed by atoms with van der Waals surface area (Å²) in [7, 11) is 0. The SMILES string of the molecule is Cc1c(O)cccc1C(=O)NC(Cc1ccccc1)[C@H](O)C(=O)N1C[C@H](F)C[C@H]1C(=O)NCc1ccc(F)c(F)c1. The van der Waals surface area contributed by atoms with Crippen molar-refractivity contribution in [3.63, 3.8) is 0 Å². The summed E-state index contributed by atoms with van der Waals surface area (Å²) in [6.07, 6.45) is -3.66. The fraction of sp³-hybridized carbons (Fsp3) is 0.300. The van der Waals surface area contributed by atoms with Crippen LogP contribution in [0.2, 0.25) is 0 Å². The highest BCUT2D eigenvalue weighted by Crippen LogP contribution is 2.24. The van der Waals surface area contributed by atoms with Crippen LogP contribution < -0.4 is 10.6 Å². The Bertz CT molecular complexity index is 1420. The molecule has 4 rings (SSSR count). The first kappa shape index (κ1) is 29.6. The Morgan fingerprint density at radius 2 is 1.73 bits per heavy atom. The number of hydrogen-bond donors (Lipinski definition) is 4. The van der Waals surface area contributed by atoms with Crippen molar-refractivity contribution in [3.05, 3.63) is 101 Å². The number of amides is 3. The van der Waals surface area contributed by atoms with Gasteiger partial charge in [0.2, 0.25) is 5.91 Å². The number of benzene rings is 3. The Hall–Kier alpha value is -4.38. The molecule has 0 aliphatic carbocycles. The van der Waals surface area contributed by atoms with E-state index in [1.807, 2.05) is 0 Å². The van der Waals surface area contributed by atoms with E-state index in [0.717, 1.165) is 17.0 Å². The number of carbonyl (C=O) groups excluding carboxylic acids is 3. The highest BCUT2D eigenvalue weighted by Gasteiger charge is 2.43. The molecule has 3 amide bonds. The number of nitrogens with zero attached hydrogens (tertiary/aromatic N) is 1. The molecule has 0 bridgehead atoms. The second-order valence-corrected chi connectivity index (χ2v) is 9.97. The van der Waals surface area contributed by atoms with Crippen LogP contribution >= 0.6 is 0 Å². The number of halogens is 3. The largest absolute Gasteiger partial charge is 0.508 e. The molecule has 1 fully saturated rings. The Labute approximate surface area is 234 Å². The van der Waals surface area contributed by atoms with Gasteiger partial charge in [-0.2, -0.15) is 0 Å². The Morgan fingerprint density at radius 1 is 1.00 bits per heavy atom. The average Bonchev–Trinajstić information content (AvgIpc) is 3.36. The molecule has 0 spiro atoms.